The van der Waals surface area contributed by atoms with Gasteiger partial charge in [0.1, 0.15) is 12.4 Å². The molecule has 0 N–H and O–H groups in total. The molecule has 10 heavy (non-hydrogen) atoms. The molecule has 0 amide bonds. The third-order valence-corrected chi connectivity index (χ3v) is 1.05. The van der Waals surface area contributed by atoms with Crippen LogP contribution in [-0.4, -0.2) is 18.4 Å². The van der Waals surface area contributed by atoms with Crippen LogP contribution in [0.1, 0.15) is 0 Å². The first-order valence-electron chi connectivity index (χ1n) is 2.83. The molecule has 0 aromatic rings. The SMILES string of the molecule is O=C/C=C/C1C=CC(=O)O1. The number of cyclic esters (lactones) is 1. The lowest BCUT2D eigenvalue weighted by atomic mass is 10.3. The number of rotatable bonds is 2. The van der Waals surface area contributed by atoms with Crippen molar-refractivity contribution >= 4 is 12.3 Å². The second-order valence-corrected chi connectivity index (χ2v) is 1.78. The second kappa shape index (κ2) is 2.96. The van der Waals surface area contributed by atoms with Gasteiger partial charge in [-0.3, -0.25) is 4.79 Å². The van der Waals surface area contributed by atoms with Gasteiger partial charge in [0.25, 0.3) is 0 Å². The van der Waals surface area contributed by atoms with Gasteiger partial charge >= 0.3 is 5.97 Å². The molecular formula is C7H6O3. The maximum Gasteiger partial charge on any atom is 0.331 e. The van der Waals surface area contributed by atoms with Gasteiger partial charge in [-0.1, -0.05) is 0 Å². The molecule has 52 valence electrons. The fourth-order valence-electron chi connectivity index (χ4n) is 0.644. The van der Waals surface area contributed by atoms with E-state index in [4.69, 9.17) is 0 Å². The number of esters is 1. The third kappa shape index (κ3) is 1.55. The van der Waals surface area contributed by atoms with E-state index in [9.17, 15) is 9.59 Å². The lowest BCUT2D eigenvalue weighted by Gasteiger charge is -1.98. The van der Waals surface area contributed by atoms with E-state index < -0.39 is 0 Å². The molecule has 1 aliphatic heterocycles. The number of hydrogen-bond acceptors (Lipinski definition) is 3. The average molecular weight is 138 g/mol. The highest BCUT2D eigenvalue weighted by Gasteiger charge is 2.11. The summed E-state index contributed by atoms with van der Waals surface area (Å²) in [6.07, 6.45) is 6.02. The molecule has 1 unspecified atom stereocenters. The second-order valence-electron chi connectivity index (χ2n) is 1.78. The first kappa shape index (κ1) is 6.74. The fourth-order valence-corrected chi connectivity index (χ4v) is 0.644. The molecule has 0 bridgehead atoms. The van der Waals surface area contributed by atoms with Gasteiger partial charge in [-0.05, 0) is 18.2 Å². The highest BCUT2D eigenvalue weighted by molar-refractivity contribution is 5.84. The Labute approximate surface area is 58.0 Å². The number of carbonyl (C=O) groups is 2. The molecule has 0 radical (unpaired) electrons. The van der Waals surface area contributed by atoms with Crippen LogP contribution in [0.2, 0.25) is 0 Å². The maximum atomic E-state index is 10.4. The normalized spacial score (nSPS) is 23.6. The third-order valence-electron chi connectivity index (χ3n) is 1.05. The summed E-state index contributed by atoms with van der Waals surface area (Å²) in [5.41, 5.74) is 0. The van der Waals surface area contributed by atoms with Crippen LogP contribution >= 0.6 is 0 Å². The number of ether oxygens (including phenoxy) is 1. The van der Waals surface area contributed by atoms with Crippen LogP contribution in [0.3, 0.4) is 0 Å². The van der Waals surface area contributed by atoms with E-state index in [0.717, 1.165) is 0 Å². The molecule has 1 atom stereocenters. The summed E-state index contributed by atoms with van der Waals surface area (Å²) in [5, 5.41) is 0. The Hall–Kier alpha value is -1.38. The van der Waals surface area contributed by atoms with E-state index in [2.05, 4.69) is 4.74 Å². The van der Waals surface area contributed by atoms with E-state index in [1.165, 1.54) is 18.2 Å². The van der Waals surface area contributed by atoms with Crippen LogP contribution in [0.15, 0.2) is 24.3 Å². The molecule has 0 fully saturated rings. The van der Waals surface area contributed by atoms with Crippen LogP contribution in [-0.2, 0) is 14.3 Å². The minimum Gasteiger partial charge on any atom is -0.451 e. The van der Waals surface area contributed by atoms with Crippen molar-refractivity contribution in [2.75, 3.05) is 0 Å². The molecule has 0 saturated carbocycles. The van der Waals surface area contributed by atoms with E-state index >= 15 is 0 Å². The summed E-state index contributed by atoms with van der Waals surface area (Å²) in [7, 11) is 0. The summed E-state index contributed by atoms with van der Waals surface area (Å²) < 4.78 is 4.67. The smallest absolute Gasteiger partial charge is 0.331 e. The van der Waals surface area contributed by atoms with E-state index in [1.807, 2.05) is 0 Å². The fraction of sp³-hybridized carbons (Fsp3) is 0.143. The number of aldehydes is 1. The van der Waals surface area contributed by atoms with Gasteiger partial charge in [0.2, 0.25) is 0 Å². The van der Waals surface area contributed by atoms with Crippen LogP contribution in [0.25, 0.3) is 0 Å². The van der Waals surface area contributed by atoms with Crippen molar-refractivity contribution in [2.24, 2.45) is 0 Å². The standard InChI is InChI=1S/C7H6O3/c8-5-1-2-6-3-4-7(9)10-6/h1-6H/b2-1+. The molecule has 0 aliphatic carbocycles. The zero-order valence-electron chi connectivity index (χ0n) is 5.19. The minimum absolute atomic E-state index is 0.349. The van der Waals surface area contributed by atoms with E-state index in [0.29, 0.717) is 6.29 Å². The monoisotopic (exact) mass is 138 g/mol. The van der Waals surface area contributed by atoms with Gasteiger partial charge in [0.15, 0.2) is 0 Å². The average Bonchev–Trinajstić information content (AvgIpc) is 2.31. The summed E-state index contributed by atoms with van der Waals surface area (Å²) in [6, 6.07) is 0. The van der Waals surface area contributed by atoms with Crippen molar-refractivity contribution in [1.29, 1.82) is 0 Å². The Morgan fingerprint density at radius 1 is 1.60 bits per heavy atom. The van der Waals surface area contributed by atoms with Gasteiger partial charge in [-0.2, -0.15) is 0 Å². The molecule has 0 saturated heterocycles. The summed E-state index contributed by atoms with van der Waals surface area (Å²) in [5.74, 6) is -0.361. The molecule has 1 heterocycles. The Balaban J connectivity index is 2.47. The Morgan fingerprint density at radius 3 is 2.90 bits per heavy atom. The highest BCUT2D eigenvalue weighted by Crippen LogP contribution is 2.04. The number of carbonyl (C=O) groups excluding carboxylic acids is 2. The minimum atomic E-state index is -0.361. The van der Waals surface area contributed by atoms with Crippen molar-refractivity contribution in [1.82, 2.24) is 0 Å². The van der Waals surface area contributed by atoms with Gasteiger partial charge < -0.3 is 4.74 Å². The Morgan fingerprint density at radius 2 is 2.40 bits per heavy atom. The molecule has 0 aromatic carbocycles. The van der Waals surface area contributed by atoms with Crippen molar-refractivity contribution in [3.8, 4) is 0 Å². The zero-order chi connectivity index (χ0) is 7.40. The van der Waals surface area contributed by atoms with Gasteiger partial charge in [-0.15, -0.1) is 0 Å². The number of hydrogen-bond donors (Lipinski definition) is 0. The van der Waals surface area contributed by atoms with Crippen LogP contribution < -0.4 is 0 Å². The number of allylic oxidation sites excluding steroid dienone is 1. The highest BCUT2D eigenvalue weighted by atomic mass is 16.5. The molecule has 1 aliphatic rings. The van der Waals surface area contributed by atoms with Crippen LogP contribution in [0.4, 0.5) is 0 Å². The van der Waals surface area contributed by atoms with Gasteiger partial charge in [0.05, 0.1) is 0 Å². The Bertz CT molecular complexity index is 203. The van der Waals surface area contributed by atoms with Gasteiger partial charge in [-0.25, -0.2) is 4.79 Å². The maximum absolute atomic E-state index is 10.4. The summed E-state index contributed by atoms with van der Waals surface area (Å²) in [6.45, 7) is 0. The molecule has 3 nitrogen and oxygen atoms in total. The lowest BCUT2D eigenvalue weighted by molar-refractivity contribution is -0.137. The van der Waals surface area contributed by atoms with Crippen LogP contribution in [0, 0.1) is 0 Å². The quantitative estimate of drug-likeness (QED) is 0.311. The lowest BCUT2D eigenvalue weighted by Crippen LogP contribution is -2.03. The van der Waals surface area contributed by atoms with Crippen molar-refractivity contribution in [3.05, 3.63) is 24.3 Å². The van der Waals surface area contributed by atoms with Crippen LogP contribution in [0.5, 0.6) is 0 Å². The van der Waals surface area contributed by atoms with Crippen molar-refractivity contribution in [2.45, 2.75) is 6.10 Å². The summed E-state index contributed by atoms with van der Waals surface area (Å²) >= 11 is 0. The molecular weight excluding hydrogens is 132 g/mol. The Kier molecular flexibility index (Phi) is 1.99. The van der Waals surface area contributed by atoms with E-state index in [1.54, 1.807) is 6.08 Å². The molecule has 0 aromatic heterocycles. The van der Waals surface area contributed by atoms with Crippen molar-refractivity contribution in [3.63, 3.8) is 0 Å². The predicted octanol–water partition coefficient (Wildman–Crippen LogP) is 0.223. The van der Waals surface area contributed by atoms with Gasteiger partial charge in [0, 0.05) is 6.08 Å². The first-order valence-corrected chi connectivity index (χ1v) is 2.83. The molecule has 3 heteroatoms. The topological polar surface area (TPSA) is 43.4 Å². The predicted molar refractivity (Wildman–Crippen MR) is 34.2 cm³/mol. The first-order chi connectivity index (χ1) is 4.83. The molecule has 0 spiro atoms. The largest absolute Gasteiger partial charge is 0.451 e. The van der Waals surface area contributed by atoms with Crippen molar-refractivity contribution < 1.29 is 14.3 Å². The van der Waals surface area contributed by atoms with E-state index in [-0.39, 0.29) is 12.1 Å². The summed E-state index contributed by atoms with van der Waals surface area (Å²) in [4.78, 5) is 20.2. The molecule has 1 rings (SSSR count). The zero-order valence-corrected chi connectivity index (χ0v) is 5.19.